The van der Waals surface area contributed by atoms with Crippen molar-refractivity contribution in [3.63, 3.8) is 0 Å². The molecule has 0 saturated carbocycles. The normalized spacial score (nSPS) is 15.2. The molecule has 4 atom stereocenters. The number of piperazine rings is 1. The van der Waals surface area contributed by atoms with Crippen LogP contribution in [0.15, 0.2) is 48.6 Å². The monoisotopic (exact) mass is 1290 g/mol. The lowest BCUT2D eigenvalue weighted by Gasteiger charge is -2.34. The molecule has 0 radical (unpaired) electrons. The molecule has 1 aliphatic heterocycles. The molecule has 1 rings (SSSR count). The maximum Gasteiger partial charge on any atom is 0.305 e. The number of aliphatic hydroxyl groups excluding tert-OH is 4. The number of allylic oxidation sites excluding steroid dienone is 8. The molecule has 1 saturated heterocycles. The predicted molar refractivity (Wildman–Crippen MR) is 393 cm³/mol. The number of hydrogen-bond acceptors (Lipinski definition) is 12. The van der Waals surface area contributed by atoms with E-state index < -0.39 is 12.2 Å². The van der Waals surface area contributed by atoms with Crippen molar-refractivity contribution in [1.29, 1.82) is 0 Å². The third-order valence-corrected chi connectivity index (χ3v) is 20.4. The van der Waals surface area contributed by atoms with Gasteiger partial charge in [-0.3, -0.25) is 24.4 Å². The van der Waals surface area contributed by atoms with Crippen LogP contribution in [-0.4, -0.2) is 167 Å². The first kappa shape index (κ1) is 85.8. The van der Waals surface area contributed by atoms with Crippen molar-refractivity contribution in [3.8, 4) is 0 Å². The van der Waals surface area contributed by atoms with Crippen LogP contribution in [0.4, 0.5) is 0 Å². The van der Waals surface area contributed by atoms with Gasteiger partial charge in [-0.15, -0.1) is 0 Å². The summed E-state index contributed by atoms with van der Waals surface area (Å²) in [6.45, 7) is 19.7. The lowest BCUT2D eigenvalue weighted by Crippen LogP contribution is -2.47. The molecule has 0 amide bonds. The van der Waals surface area contributed by atoms with E-state index in [0.29, 0.717) is 39.2 Å². The molecule has 0 bridgehead atoms. The molecule has 0 aliphatic carbocycles. The Labute approximate surface area is 560 Å². The maximum atomic E-state index is 12.9. The van der Waals surface area contributed by atoms with Gasteiger partial charge in [-0.05, 0) is 129 Å². The minimum absolute atomic E-state index is 0.122. The molecule has 0 aromatic rings. The molecule has 1 aliphatic rings. The van der Waals surface area contributed by atoms with Gasteiger partial charge in [0.2, 0.25) is 0 Å². The largest absolute Gasteiger partial charge is 0.464 e. The fourth-order valence-corrected chi connectivity index (χ4v) is 14.3. The fraction of sp³-hybridized carbons (Fsp3) is 0.883. The third-order valence-electron chi connectivity index (χ3n) is 17.9. The van der Waals surface area contributed by atoms with Crippen molar-refractivity contribution in [1.82, 2.24) is 19.6 Å². The highest BCUT2D eigenvalue weighted by atomic mass is 33.1. The van der Waals surface area contributed by atoms with Gasteiger partial charge in [0.05, 0.1) is 24.4 Å². The fourth-order valence-electron chi connectivity index (χ4n) is 12.1. The zero-order valence-electron chi connectivity index (χ0n) is 59.1. The Morgan fingerprint density at radius 1 is 0.382 bits per heavy atom. The van der Waals surface area contributed by atoms with Gasteiger partial charge in [0.15, 0.2) is 0 Å². The SMILES string of the molecule is CCCCC/C=C\C/C=C\CCCCCCC(O)CN(CCCCC(=O)OCCN1CCN(CCSSCCCCN(CC(O)CCCCCCCCCC)CC(O)CCCCCCCCCC)CC1)CC(O)CCCCCC/C=C\C/C=C\CCCCC. The summed E-state index contributed by atoms with van der Waals surface area (Å²) in [5.74, 6) is 2.13. The van der Waals surface area contributed by atoms with E-state index in [2.05, 4.69) is 95.9 Å². The van der Waals surface area contributed by atoms with Crippen LogP contribution in [0.2, 0.25) is 0 Å². The maximum absolute atomic E-state index is 12.9. The average Bonchev–Trinajstić information content (AvgIpc) is 3.61. The summed E-state index contributed by atoms with van der Waals surface area (Å²) in [5, 5.41) is 44.4. The topological polar surface area (TPSA) is 120 Å². The molecule has 1 heterocycles. The number of aliphatic hydroxyl groups is 4. The van der Waals surface area contributed by atoms with Crippen LogP contribution >= 0.6 is 21.6 Å². The number of carbonyl (C=O) groups excluding carboxylic acids is 1. The van der Waals surface area contributed by atoms with Gasteiger partial charge in [-0.25, -0.2) is 0 Å². The van der Waals surface area contributed by atoms with Gasteiger partial charge in [0, 0.05) is 83.4 Å². The summed E-state index contributed by atoms with van der Waals surface area (Å²) >= 11 is 0. The summed E-state index contributed by atoms with van der Waals surface area (Å²) in [7, 11) is 3.99. The van der Waals surface area contributed by atoms with E-state index >= 15 is 0 Å². The van der Waals surface area contributed by atoms with Crippen LogP contribution < -0.4 is 0 Å². The Hall–Kier alpha value is -1.19. The Morgan fingerprint density at radius 2 is 0.697 bits per heavy atom. The van der Waals surface area contributed by atoms with Crippen LogP contribution in [0.1, 0.15) is 317 Å². The zero-order chi connectivity index (χ0) is 64.4. The van der Waals surface area contributed by atoms with Crippen molar-refractivity contribution in [2.24, 2.45) is 0 Å². The smallest absolute Gasteiger partial charge is 0.305 e. The molecular formula is C77H148N4O6S2. The molecule has 0 aromatic heterocycles. The van der Waals surface area contributed by atoms with E-state index in [1.54, 1.807) is 0 Å². The lowest BCUT2D eigenvalue weighted by atomic mass is 10.0. The molecule has 1 fully saturated rings. The molecule has 4 unspecified atom stereocenters. The molecular weight excluding hydrogens is 1140 g/mol. The lowest BCUT2D eigenvalue weighted by molar-refractivity contribution is -0.144. The van der Waals surface area contributed by atoms with Crippen molar-refractivity contribution in [2.45, 2.75) is 341 Å². The molecule has 524 valence electrons. The number of carbonyl (C=O) groups is 1. The highest BCUT2D eigenvalue weighted by Crippen LogP contribution is 2.24. The summed E-state index contributed by atoms with van der Waals surface area (Å²) < 4.78 is 5.74. The zero-order valence-corrected chi connectivity index (χ0v) is 60.7. The van der Waals surface area contributed by atoms with Gasteiger partial charge in [0.1, 0.15) is 6.61 Å². The van der Waals surface area contributed by atoms with Crippen LogP contribution in [-0.2, 0) is 9.53 Å². The number of hydrogen-bond donors (Lipinski definition) is 4. The molecule has 89 heavy (non-hydrogen) atoms. The molecule has 0 aromatic carbocycles. The minimum atomic E-state index is -0.410. The molecule has 10 nitrogen and oxygen atoms in total. The van der Waals surface area contributed by atoms with Gasteiger partial charge >= 0.3 is 5.97 Å². The summed E-state index contributed by atoms with van der Waals surface area (Å²) in [5.41, 5.74) is 0. The molecule has 4 N–H and O–H groups in total. The van der Waals surface area contributed by atoms with Gasteiger partial charge in [-0.2, -0.15) is 0 Å². The highest BCUT2D eigenvalue weighted by Gasteiger charge is 2.20. The van der Waals surface area contributed by atoms with E-state index in [1.807, 2.05) is 21.6 Å². The van der Waals surface area contributed by atoms with Gasteiger partial charge in [0.25, 0.3) is 0 Å². The minimum Gasteiger partial charge on any atom is -0.464 e. The second-order valence-electron chi connectivity index (χ2n) is 26.7. The van der Waals surface area contributed by atoms with E-state index in [4.69, 9.17) is 4.74 Å². The number of unbranched alkanes of at least 4 members (excludes halogenated alkanes) is 30. The van der Waals surface area contributed by atoms with Crippen LogP contribution in [0.3, 0.4) is 0 Å². The summed E-state index contributed by atoms with van der Waals surface area (Å²) in [6, 6.07) is 0. The van der Waals surface area contributed by atoms with Crippen LogP contribution in [0.5, 0.6) is 0 Å². The second kappa shape index (κ2) is 68.2. The first-order valence-corrected chi connectivity index (χ1v) is 40.8. The first-order valence-electron chi connectivity index (χ1n) is 38.3. The van der Waals surface area contributed by atoms with Crippen LogP contribution in [0, 0.1) is 0 Å². The third kappa shape index (κ3) is 61.4. The summed E-state index contributed by atoms with van der Waals surface area (Å²) in [4.78, 5) is 22.5. The Balaban J connectivity index is 2.39. The number of ether oxygens (including phenoxy) is 1. The van der Waals surface area contributed by atoms with Crippen LogP contribution in [0.25, 0.3) is 0 Å². The van der Waals surface area contributed by atoms with Crippen molar-refractivity contribution < 1.29 is 30.0 Å². The van der Waals surface area contributed by atoms with Crippen molar-refractivity contribution >= 4 is 27.6 Å². The van der Waals surface area contributed by atoms with Crippen molar-refractivity contribution in [3.05, 3.63) is 48.6 Å². The molecule has 0 spiro atoms. The van der Waals surface area contributed by atoms with E-state index in [-0.39, 0.29) is 18.2 Å². The van der Waals surface area contributed by atoms with E-state index in [0.717, 1.165) is 179 Å². The Morgan fingerprint density at radius 3 is 1.09 bits per heavy atom. The van der Waals surface area contributed by atoms with Crippen molar-refractivity contribution in [2.75, 3.05) is 96.6 Å². The second-order valence-corrected chi connectivity index (χ2v) is 29.4. The number of nitrogens with zero attached hydrogens (tertiary/aromatic N) is 4. The number of rotatable bonds is 69. The highest BCUT2D eigenvalue weighted by molar-refractivity contribution is 8.76. The summed E-state index contributed by atoms with van der Waals surface area (Å²) in [6.07, 6.45) is 68.7. The van der Waals surface area contributed by atoms with E-state index in [9.17, 15) is 25.2 Å². The van der Waals surface area contributed by atoms with Gasteiger partial charge in [-0.1, -0.05) is 265 Å². The van der Waals surface area contributed by atoms with E-state index in [1.165, 1.54) is 167 Å². The standard InChI is InChI=1S/C77H148N4O6S2/c1-5-9-13-17-21-25-27-29-31-33-35-39-43-47-53-73(82)69-80(70-74(83)54-48-44-40-36-34-32-30-28-26-22-18-14-10-6-2)58-50-49-57-77(86)87-66-64-78-60-62-79(63-61-78)65-68-89-88-67-52-51-59-81(71-75(84)55-45-41-37-23-19-15-11-7-3)72-76(85)56-46-42-38-24-20-16-12-8-4/h21-22,25-26,29-32,73-76,82-85H,5-20,23-24,27-28,33-72H2,1-4H3/b25-21-,26-22-,31-29-,32-30-. The first-order chi connectivity index (χ1) is 43.7. The average molecular weight is 1290 g/mol. The number of esters is 1. The van der Waals surface area contributed by atoms with Gasteiger partial charge < -0.3 is 25.2 Å². The molecule has 12 heteroatoms. The predicted octanol–water partition coefficient (Wildman–Crippen LogP) is 19.4. The Kier molecular flexibility index (Phi) is 65.8. The Bertz CT molecular complexity index is 1500. The quantitative estimate of drug-likeness (QED) is 0.0201.